The van der Waals surface area contributed by atoms with Crippen molar-refractivity contribution in [3.8, 4) is 0 Å². The number of anilines is 1. The van der Waals surface area contributed by atoms with Crippen LogP contribution in [0.5, 0.6) is 0 Å². The van der Waals surface area contributed by atoms with Crippen LogP contribution < -0.4 is 5.73 Å². The molecule has 2 rings (SSSR count). The van der Waals surface area contributed by atoms with Crippen LogP contribution in [0.15, 0.2) is 33.0 Å². The lowest BCUT2D eigenvalue weighted by atomic mass is 10.7. The van der Waals surface area contributed by atoms with Gasteiger partial charge in [-0.2, -0.15) is 5.10 Å². The molecule has 0 aliphatic heterocycles. The van der Waals surface area contributed by atoms with E-state index in [2.05, 4.69) is 31.0 Å². The Bertz CT molecular complexity index is 484. The molecule has 0 aromatic carbocycles. The van der Waals surface area contributed by atoms with Gasteiger partial charge in [0, 0.05) is 19.4 Å². The zero-order valence-electron chi connectivity index (χ0n) is 7.88. The van der Waals surface area contributed by atoms with Crippen molar-refractivity contribution in [1.29, 1.82) is 0 Å². The van der Waals surface area contributed by atoms with Crippen molar-refractivity contribution in [2.45, 2.75) is 9.92 Å². The molecule has 0 saturated carbocycles. The third-order valence-electron chi connectivity index (χ3n) is 1.63. The first kappa shape index (κ1) is 10.4. The summed E-state index contributed by atoms with van der Waals surface area (Å²) in [6.45, 7) is 0. The van der Waals surface area contributed by atoms with Gasteiger partial charge < -0.3 is 5.73 Å². The fourth-order valence-electron chi connectivity index (χ4n) is 0.999. The number of nitrogen functional groups attached to an aromatic ring is 1. The summed E-state index contributed by atoms with van der Waals surface area (Å²) in [7, 11) is 1.87. The van der Waals surface area contributed by atoms with Crippen LogP contribution in [0, 0.1) is 0 Å². The van der Waals surface area contributed by atoms with E-state index in [1.807, 2.05) is 13.2 Å². The first-order valence-electron chi connectivity index (χ1n) is 4.09. The van der Waals surface area contributed by atoms with E-state index in [-0.39, 0.29) is 5.95 Å². The average molecular weight is 286 g/mol. The molecule has 0 radical (unpaired) electrons. The molecule has 0 atom stereocenters. The molecule has 0 aliphatic rings. The third-order valence-corrected chi connectivity index (χ3v) is 3.42. The molecule has 15 heavy (non-hydrogen) atoms. The third kappa shape index (κ3) is 2.48. The van der Waals surface area contributed by atoms with Crippen molar-refractivity contribution in [2.75, 3.05) is 5.73 Å². The number of halogens is 1. The van der Waals surface area contributed by atoms with Gasteiger partial charge in [0.1, 0.15) is 5.03 Å². The van der Waals surface area contributed by atoms with E-state index in [1.54, 1.807) is 17.1 Å². The highest BCUT2D eigenvalue weighted by atomic mass is 79.9. The fraction of sp³-hybridized carbons (Fsp3) is 0.125. The zero-order chi connectivity index (χ0) is 10.8. The Morgan fingerprint density at radius 3 is 2.93 bits per heavy atom. The summed E-state index contributed by atoms with van der Waals surface area (Å²) >= 11 is 4.85. The summed E-state index contributed by atoms with van der Waals surface area (Å²) in [5, 5.41) is 4.86. The Hall–Kier alpha value is -1.08. The second-order valence-electron chi connectivity index (χ2n) is 2.83. The topological polar surface area (TPSA) is 69.6 Å². The SMILES string of the molecule is Cn1cc(Sc2nc(N)ncc2Br)cn1. The van der Waals surface area contributed by atoms with Gasteiger partial charge >= 0.3 is 0 Å². The predicted octanol–water partition coefficient (Wildman–Crippen LogP) is 1.71. The molecule has 0 aliphatic carbocycles. The number of rotatable bonds is 2. The van der Waals surface area contributed by atoms with Crippen LogP contribution in [-0.2, 0) is 7.05 Å². The van der Waals surface area contributed by atoms with Crippen molar-refractivity contribution in [3.05, 3.63) is 23.1 Å². The first-order chi connectivity index (χ1) is 7.15. The normalized spacial score (nSPS) is 10.5. The summed E-state index contributed by atoms with van der Waals surface area (Å²) in [5.41, 5.74) is 5.51. The Balaban J connectivity index is 2.27. The van der Waals surface area contributed by atoms with E-state index < -0.39 is 0 Å². The molecular formula is C8H8BrN5S. The molecule has 2 aromatic rings. The van der Waals surface area contributed by atoms with Crippen molar-refractivity contribution >= 4 is 33.6 Å². The van der Waals surface area contributed by atoms with Gasteiger partial charge in [-0.1, -0.05) is 11.8 Å². The summed E-state index contributed by atoms with van der Waals surface area (Å²) in [6, 6.07) is 0. The van der Waals surface area contributed by atoms with Gasteiger partial charge in [-0.05, 0) is 15.9 Å². The molecule has 5 nitrogen and oxygen atoms in total. The van der Waals surface area contributed by atoms with Crippen LogP contribution >= 0.6 is 27.7 Å². The molecule has 2 N–H and O–H groups in total. The Morgan fingerprint density at radius 2 is 2.27 bits per heavy atom. The van der Waals surface area contributed by atoms with Gasteiger partial charge in [-0.15, -0.1) is 0 Å². The highest BCUT2D eigenvalue weighted by Crippen LogP contribution is 2.31. The maximum absolute atomic E-state index is 5.51. The minimum Gasteiger partial charge on any atom is -0.368 e. The molecule has 7 heteroatoms. The number of aromatic nitrogens is 4. The van der Waals surface area contributed by atoms with Crippen molar-refractivity contribution in [2.24, 2.45) is 7.05 Å². The molecule has 2 aromatic heterocycles. The van der Waals surface area contributed by atoms with Gasteiger partial charge in [-0.3, -0.25) is 4.68 Å². The van der Waals surface area contributed by atoms with E-state index in [0.717, 1.165) is 14.4 Å². The molecule has 0 fully saturated rings. The average Bonchev–Trinajstić information content (AvgIpc) is 2.58. The monoisotopic (exact) mass is 285 g/mol. The molecule has 0 spiro atoms. The zero-order valence-corrected chi connectivity index (χ0v) is 10.3. The molecule has 0 bridgehead atoms. The standard InChI is InChI=1S/C8H8BrN5S/c1-14-4-5(2-12-14)15-7-6(9)3-11-8(10)13-7/h2-4H,1H3,(H2,10,11,13). The summed E-state index contributed by atoms with van der Waals surface area (Å²) in [6.07, 6.45) is 5.33. The lowest BCUT2D eigenvalue weighted by molar-refractivity contribution is 0.766. The van der Waals surface area contributed by atoms with Gasteiger partial charge in [0.05, 0.1) is 15.6 Å². The van der Waals surface area contributed by atoms with Crippen LogP contribution in [-0.4, -0.2) is 19.7 Å². The Morgan fingerprint density at radius 1 is 1.47 bits per heavy atom. The van der Waals surface area contributed by atoms with Gasteiger partial charge in [-0.25, -0.2) is 9.97 Å². The molecule has 0 unspecified atom stereocenters. The van der Waals surface area contributed by atoms with E-state index in [4.69, 9.17) is 5.73 Å². The Kier molecular flexibility index (Phi) is 2.92. The highest BCUT2D eigenvalue weighted by molar-refractivity contribution is 9.10. The lowest BCUT2D eigenvalue weighted by Crippen LogP contribution is -1.95. The van der Waals surface area contributed by atoms with E-state index in [1.165, 1.54) is 11.8 Å². The van der Waals surface area contributed by atoms with Crippen LogP contribution in [0.4, 0.5) is 5.95 Å². The summed E-state index contributed by atoms with van der Waals surface area (Å²) < 4.78 is 2.56. The minimum absolute atomic E-state index is 0.268. The molecule has 0 saturated heterocycles. The van der Waals surface area contributed by atoms with Gasteiger partial charge in [0.15, 0.2) is 0 Å². The number of aryl methyl sites for hydroxylation is 1. The second kappa shape index (κ2) is 4.19. The molecule has 2 heterocycles. The Labute approximate surface area is 99.2 Å². The lowest BCUT2D eigenvalue weighted by Gasteiger charge is -2.00. The van der Waals surface area contributed by atoms with Crippen LogP contribution in [0.25, 0.3) is 0 Å². The van der Waals surface area contributed by atoms with Crippen molar-refractivity contribution in [3.63, 3.8) is 0 Å². The van der Waals surface area contributed by atoms with Crippen molar-refractivity contribution < 1.29 is 0 Å². The predicted molar refractivity (Wildman–Crippen MR) is 61.5 cm³/mol. The number of nitrogens with two attached hydrogens (primary N) is 1. The van der Waals surface area contributed by atoms with Crippen LogP contribution in [0.3, 0.4) is 0 Å². The van der Waals surface area contributed by atoms with Crippen LogP contribution in [0.2, 0.25) is 0 Å². The first-order valence-corrected chi connectivity index (χ1v) is 5.70. The van der Waals surface area contributed by atoms with Gasteiger partial charge in [0.25, 0.3) is 0 Å². The second-order valence-corrected chi connectivity index (χ2v) is 4.75. The maximum atomic E-state index is 5.51. The summed E-state index contributed by atoms with van der Waals surface area (Å²) in [5.74, 6) is 0.268. The number of hydrogen-bond acceptors (Lipinski definition) is 5. The van der Waals surface area contributed by atoms with E-state index >= 15 is 0 Å². The molecule has 0 amide bonds. The largest absolute Gasteiger partial charge is 0.368 e. The van der Waals surface area contributed by atoms with Crippen LogP contribution in [0.1, 0.15) is 0 Å². The van der Waals surface area contributed by atoms with Crippen molar-refractivity contribution in [1.82, 2.24) is 19.7 Å². The van der Waals surface area contributed by atoms with Gasteiger partial charge in [0.2, 0.25) is 5.95 Å². The highest BCUT2D eigenvalue weighted by Gasteiger charge is 2.06. The molecular weight excluding hydrogens is 278 g/mol. The maximum Gasteiger partial charge on any atom is 0.221 e. The quantitative estimate of drug-likeness (QED) is 0.851. The smallest absolute Gasteiger partial charge is 0.221 e. The fourth-order valence-corrected chi connectivity index (χ4v) is 2.25. The summed E-state index contributed by atoms with van der Waals surface area (Å²) in [4.78, 5) is 9.01. The molecule has 78 valence electrons. The number of nitrogens with zero attached hydrogens (tertiary/aromatic N) is 4. The van der Waals surface area contributed by atoms with E-state index in [0.29, 0.717) is 0 Å². The number of hydrogen-bond donors (Lipinski definition) is 1. The van der Waals surface area contributed by atoms with E-state index in [9.17, 15) is 0 Å². The minimum atomic E-state index is 0.268.